The lowest BCUT2D eigenvalue weighted by Crippen LogP contribution is -2.48. The lowest BCUT2D eigenvalue weighted by molar-refractivity contribution is -0.385. The van der Waals surface area contributed by atoms with Gasteiger partial charge in [-0.15, -0.1) is 0 Å². The third-order valence-corrected chi connectivity index (χ3v) is 3.48. The average Bonchev–Trinajstić information content (AvgIpc) is 2.35. The van der Waals surface area contributed by atoms with Gasteiger partial charge in [-0.2, -0.15) is 0 Å². The van der Waals surface area contributed by atoms with Crippen LogP contribution in [0.4, 0.5) is 11.4 Å². The third-order valence-electron chi connectivity index (χ3n) is 3.48. The molecule has 19 heavy (non-hydrogen) atoms. The number of nitro groups is 1. The van der Waals surface area contributed by atoms with Gasteiger partial charge in [0, 0.05) is 23.9 Å². The smallest absolute Gasteiger partial charge is 0.272 e. The normalized spacial score (nSPS) is 19.6. The predicted octanol–water partition coefficient (Wildman–Crippen LogP) is 1.67. The molecule has 1 amide bonds. The van der Waals surface area contributed by atoms with E-state index in [0.717, 1.165) is 17.7 Å². The monoisotopic (exact) mass is 263 g/mol. The topological polar surface area (TPSA) is 89.5 Å². The molecule has 1 aliphatic heterocycles. The number of hydrogen-bond donors (Lipinski definition) is 1. The quantitative estimate of drug-likeness (QED) is 0.649. The highest BCUT2D eigenvalue weighted by molar-refractivity contribution is 5.98. The molecule has 1 saturated heterocycles. The van der Waals surface area contributed by atoms with Crippen LogP contribution in [0.3, 0.4) is 0 Å². The van der Waals surface area contributed by atoms with E-state index in [1.165, 1.54) is 6.07 Å². The number of anilines is 1. The van der Waals surface area contributed by atoms with Crippen molar-refractivity contribution in [3.8, 4) is 0 Å². The molecule has 1 aromatic rings. The first-order chi connectivity index (χ1) is 8.91. The molecule has 1 unspecified atom stereocenters. The summed E-state index contributed by atoms with van der Waals surface area (Å²) in [6, 6.07) is 2.74. The number of piperidine rings is 1. The Kier molecular flexibility index (Phi) is 3.53. The summed E-state index contributed by atoms with van der Waals surface area (Å²) in [4.78, 5) is 24.2. The van der Waals surface area contributed by atoms with E-state index in [-0.39, 0.29) is 11.6 Å². The Morgan fingerprint density at radius 3 is 2.68 bits per heavy atom. The minimum Gasteiger partial charge on any atom is -0.320 e. The van der Waals surface area contributed by atoms with Crippen molar-refractivity contribution in [2.45, 2.75) is 32.7 Å². The number of benzene rings is 1. The van der Waals surface area contributed by atoms with Gasteiger partial charge in [-0.1, -0.05) is 0 Å². The van der Waals surface area contributed by atoms with E-state index in [1.807, 2.05) is 0 Å². The van der Waals surface area contributed by atoms with Gasteiger partial charge in [0.2, 0.25) is 5.91 Å². The molecule has 0 aliphatic carbocycles. The van der Waals surface area contributed by atoms with E-state index >= 15 is 0 Å². The first-order valence-electron chi connectivity index (χ1n) is 6.24. The van der Waals surface area contributed by atoms with E-state index in [1.54, 1.807) is 24.8 Å². The lowest BCUT2D eigenvalue weighted by Gasteiger charge is -2.31. The van der Waals surface area contributed by atoms with E-state index in [0.29, 0.717) is 18.5 Å². The maximum atomic E-state index is 12.1. The molecule has 0 saturated carbocycles. The SMILES string of the molecule is Cc1cc([N+](=O)[O-])c(C)cc1N1CCCC(N)C1=O. The van der Waals surface area contributed by atoms with Crippen LogP contribution in [0.2, 0.25) is 0 Å². The molecule has 2 rings (SSSR count). The molecule has 102 valence electrons. The largest absolute Gasteiger partial charge is 0.320 e. The summed E-state index contributed by atoms with van der Waals surface area (Å²) in [6.07, 6.45) is 1.54. The van der Waals surface area contributed by atoms with Gasteiger partial charge >= 0.3 is 0 Å². The van der Waals surface area contributed by atoms with Crippen LogP contribution in [0.25, 0.3) is 0 Å². The Morgan fingerprint density at radius 2 is 2.05 bits per heavy atom. The zero-order valence-corrected chi connectivity index (χ0v) is 11.0. The van der Waals surface area contributed by atoms with Gasteiger partial charge in [-0.3, -0.25) is 14.9 Å². The van der Waals surface area contributed by atoms with E-state index < -0.39 is 11.0 Å². The van der Waals surface area contributed by atoms with Crippen molar-refractivity contribution in [2.75, 3.05) is 11.4 Å². The zero-order chi connectivity index (χ0) is 14.2. The van der Waals surface area contributed by atoms with Crippen LogP contribution < -0.4 is 10.6 Å². The first-order valence-corrected chi connectivity index (χ1v) is 6.24. The number of amides is 1. The second kappa shape index (κ2) is 4.97. The van der Waals surface area contributed by atoms with Crippen molar-refractivity contribution in [3.63, 3.8) is 0 Å². The Labute approximate surface area is 111 Å². The Bertz CT molecular complexity index is 542. The Balaban J connectivity index is 2.43. The number of hydrogen-bond acceptors (Lipinski definition) is 4. The van der Waals surface area contributed by atoms with Crippen LogP contribution in [-0.2, 0) is 4.79 Å². The summed E-state index contributed by atoms with van der Waals surface area (Å²) in [5.41, 5.74) is 7.85. The Hall–Kier alpha value is -1.95. The van der Waals surface area contributed by atoms with Crippen LogP contribution in [-0.4, -0.2) is 23.4 Å². The van der Waals surface area contributed by atoms with Crippen molar-refractivity contribution < 1.29 is 9.72 Å². The van der Waals surface area contributed by atoms with E-state index in [4.69, 9.17) is 5.73 Å². The summed E-state index contributed by atoms with van der Waals surface area (Å²) in [5.74, 6) is -0.109. The molecule has 0 bridgehead atoms. The molecular weight excluding hydrogens is 246 g/mol. The molecule has 0 spiro atoms. The van der Waals surface area contributed by atoms with Crippen LogP contribution >= 0.6 is 0 Å². The number of aryl methyl sites for hydroxylation is 2. The van der Waals surface area contributed by atoms with Crippen molar-refractivity contribution in [2.24, 2.45) is 5.73 Å². The fraction of sp³-hybridized carbons (Fsp3) is 0.462. The minimum absolute atomic E-state index is 0.0787. The minimum atomic E-state index is -0.469. The third kappa shape index (κ3) is 2.44. The van der Waals surface area contributed by atoms with Gasteiger partial charge in [0.15, 0.2) is 0 Å². The molecule has 1 atom stereocenters. The number of nitrogens with two attached hydrogens (primary N) is 1. The molecule has 1 heterocycles. The molecule has 6 heteroatoms. The molecule has 1 aliphatic rings. The number of nitro benzene ring substituents is 1. The summed E-state index contributed by atoms with van der Waals surface area (Å²) >= 11 is 0. The van der Waals surface area contributed by atoms with Crippen LogP contribution in [0, 0.1) is 24.0 Å². The number of carbonyl (C=O) groups excluding carboxylic acids is 1. The van der Waals surface area contributed by atoms with Gasteiger partial charge < -0.3 is 10.6 Å². The highest BCUT2D eigenvalue weighted by Gasteiger charge is 2.28. The number of rotatable bonds is 2. The lowest BCUT2D eigenvalue weighted by atomic mass is 10.0. The number of nitrogens with zero attached hydrogens (tertiary/aromatic N) is 2. The summed E-state index contributed by atoms with van der Waals surface area (Å²) in [5, 5.41) is 10.9. The molecule has 0 radical (unpaired) electrons. The van der Waals surface area contributed by atoms with Gasteiger partial charge in [-0.25, -0.2) is 0 Å². The molecule has 1 fully saturated rings. The zero-order valence-electron chi connectivity index (χ0n) is 11.0. The van der Waals surface area contributed by atoms with Crippen LogP contribution in [0.1, 0.15) is 24.0 Å². The fourth-order valence-corrected chi connectivity index (χ4v) is 2.42. The molecular formula is C13H17N3O3. The molecule has 2 N–H and O–H groups in total. The highest BCUT2D eigenvalue weighted by atomic mass is 16.6. The maximum absolute atomic E-state index is 12.1. The molecule has 0 aromatic heterocycles. The first kappa shape index (κ1) is 13.5. The van der Waals surface area contributed by atoms with Gasteiger partial charge in [-0.05, 0) is 38.3 Å². The van der Waals surface area contributed by atoms with E-state index in [2.05, 4.69) is 0 Å². The molecule has 1 aromatic carbocycles. The van der Waals surface area contributed by atoms with E-state index in [9.17, 15) is 14.9 Å². The summed E-state index contributed by atoms with van der Waals surface area (Å²) in [6.45, 7) is 4.06. The summed E-state index contributed by atoms with van der Waals surface area (Å²) < 4.78 is 0. The van der Waals surface area contributed by atoms with Crippen molar-refractivity contribution >= 4 is 17.3 Å². The summed E-state index contributed by atoms with van der Waals surface area (Å²) in [7, 11) is 0. The van der Waals surface area contributed by atoms with Crippen LogP contribution in [0.15, 0.2) is 12.1 Å². The standard InChI is InChI=1S/C13H17N3O3/c1-8-7-12(16(18)19)9(2)6-11(8)15-5-3-4-10(14)13(15)17/h6-7,10H,3-5,14H2,1-2H3. The average molecular weight is 263 g/mol. The Morgan fingerprint density at radius 1 is 1.37 bits per heavy atom. The van der Waals surface area contributed by atoms with Gasteiger partial charge in [0.1, 0.15) is 0 Å². The molecule has 6 nitrogen and oxygen atoms in total. The predicted molar refractivity (Wildman–Crippen MR) is 72.1 cm³/mol. The van der Waals surface area contributed by atoms with Gasteiger partial charge in [0.05, 0.1) is 11.0 Å². The highest BCUT2D eigenvalue weighted by Crippen LogP contribution is 2.30. The maximum Gasteiger partial charge on any atom is 0.272 e. The second-order valence-electron chi connectivity index (χ2n) is 4.92. The van der Waals surface area contributed by atoms with Crippen molar-refractivity contribution in [1.82, 2.24) is 0 Å². The fourth-order valence-electron chi connectivity index (χ4n) is 2.42. The van der Waals surface area contributed by atoms with Crippen molar-refractivity contribution in [1.29, 1.82) is 0 Å². The van der Waals surface area contributed by atoms with Gasteiger partial charge in [0.25, 0.3) is 5.69 Å². The number of carbonyl (C=O) groups is 1. The van der Waals surface area contributed by atoms with Crippen LogP contribution in [0.5, 0.6) is 0 Å². The second-order valence-corrected chi connectivity index (χ2v) is 4.92. The van der Waals surface area contributed by atoms with Crippen molar-refractivity contribution in [3.05, 3.63) is 33.4 Å².